The van der Waals surface area contributed by atoms with Crippen LogP contribution in [-0.2, 0) is 0 Å². The van der Waals surface area contributed by atoms with Crippen molar-refractivity contribution in [3.63, 3.8) is 0 Å². The quantitative estimate of drug-likeness (QED) is 0.701. The molecule has 0 spiro atoms. The van der Waals surface area contributed by atoms with Gasteiger partial charge in [-0.1, -0.05) is 39.5 Å². The number of rotatable bonds is 3. The summed E-state index contributed by atoms with van der Waals surface area (Å²) in [6.45, 7) is 4.22. The van der Waals surface area contributed by atoms with Crippen molar-refractivity contribution >= 4 is 0 Å². The van der Waals surface area contributed by atoms with Gasteiger partial charge in [0, 0.05) is 6.04 Å². The maximum Gasteiger partial charge on any atom is 0.0978 e. The van der Waals surface area contributed by atoms with Crippen LogP contribution >= 0.6 is 0 Å². The molecule has 1 unspecified atom stereocenters. The Morgan fingerprint density at radius 2 is 1.71 bits per heavy atom. The van der Waals surface area contributed by atoms with Crippen LogP contribution in [0.5, 0.6) is 0 Å². The second-order valence-corrected chi connectivity index (χ2v) is 4.71. The van der Waals surface area contributed by atoms with Crippen LogP contribution in [-0.4, -0.2) is 12.1 Å². The van der Waals surface area contributed by atoms with Crippen molar-refractivity contribution in [2.24, 2.45) is 5.92 Å². The Bertz CT molecular complexity index is 185. The molecule has 0 bridgehead atoms. The standard InChI is InChI=1S/C12H22N2/c1-10(2)12(9-13)14-11-7-5-3-4-6-8-11/h10-12,14H,3-8H2,1-2H3. The van der Waals surface area contributed by atoms with Gasteiger partial charge in [-0.2, -0.15) is 5.26 Å². The molecule has 14 heavy (non-hydrogen) atoms. The average Bonchev–Trinajstić information content (AvgIpc) is 2.41. The Balaban J connectivity index is 2.37. The Morgan fingerprint density at radius 1 is 1.14 bits per heavy atom. The van der Waals surface area contributed by atoms with Crippen molar-refractivity contribution in [1.82, 2.24) is 5.32 Å². The fourth-order valence-corrected chi connectivity index (χ4v) is 2.08. The summed E-state index contributed by atoms with van der Waals surface area (Å²) in [6, 6.07) is 2.99. The number of hydrogen-bond donors (Lipinski definition) is 1. The fraction of sp³-hybridized carbons (Fsp3) is 0.917. The number of nitriles is 1. The van der Waals surface area contributed by atoms with Crippen LogP contribution in [0.4, 0.5) is 0 Å². The second-order valence-electron chi connectivity index (χ2n) is 4.71. The lowest BCUT2D eigenvalue weighted by Crippen LogP contribution is -2.40. The first kappa shape index (κ1) is 11.5. The van der Waals surface area contributed by atoms with Crippen molar-refractivity contribution in [2.45, 2.75) is 64.5 Å². The van der Waals surface area contributed by atoms with Gasteiger partial charge in [-0.3, -0.25) is 5.32 Å². The van der Waals surface area contributed by atoms with Crippen molar-refractivity contribution in [3.05, 3.63) is 0 Å². The maximum absolute atomic E-state index is 8.98. The highest BCUT2D eigenvalue weighted by molar-refractivity contribution is 4.94. The van der Waals surface area contributed by atoms with E-state index in [1.165, 1.54) is 38.5 Å². The lowest BCUT2D eigenvalue weighted by molar-refractivity contribution is 0.379. The molecule has 0 aliphatic heterocycles. The van der Waals surface area contributed by atoms with Crippen LogP contribution in [0.2, 0.25) is 0 Å². The van der Waals surface area contributed by atoms with Crippen LogP contribution in [0.25, 0.3) is 0 Å². The lowest BCUT2D eigenvalue weighted by Gasteiger charge is -2.22. The van der Waals surface area contributed by atoms with E-state index < -0.39 is 0 Å². The molecule has 0 heterocycles. The van der Waals surface area contributed by atoms with Gasteiger partial charge in [-0.25, -0.2) is 0 Å². The molecule has 1 rings (SSSR count). The van der Waals surface area contributed by atoms with Crippen LogP contribution in [0.15, 0.2) is 0 Å². The highest BCUT2D eigenvalue weighted by atomic mass is 15.0. The predicted molar refractivity (Wildman–Crippen MR) is 58.9 cm³/mol. The molecule has 0 aromatic rings. The van der Waals surface area contributed by atoms with Gasteiger partial charge in [0.25, 0.3) is 0 Å². The van der Waals surface area contributed by atoms with Gasteiger partial charge in [-0.15, -0.1) is 0 Å². The highest BCUT2D eigenvalue weighted by Crippen LogP contribution is 2.18. The molecule has 1 fully saturated rings. The summed E-state index contributed by atoms with van der Waals surface area (Å²) < 4.78 is 0. The highest BCUT2D eigenvalue weighted by Gasteiger charge is 2.18. The van der Waals surface area contributed by atoms with Crippen molar-refractivity contribution in [2.75, 3.05) is 0 Å². The molecule has 80 valence electrons. The topological polar surface area (TPSA) is 35.8 Å². The van der Waals surface area contributed by atoms with E-state index in [4.69, 9.17) is 5.26 Å². The summed E-state index contributed by atoms with van der Waals surface area (Å²) >= 11 is 0. The molecule has 0 radical (unpaired) electrons. The maximum atomic E-state index is 8.98. The molecule has 1 saturated carbocycles. The largest absolute Gasteiger partial charge is 0.299 e. The van der Waals surface area contributed by atoms with E-state index in [0.717, 1.165) is 0 Å². The molecule has 2 heteroatoms. The van der Waals surface area contributed by atoms with Crippen molar-refractivity contribution in [3.8, 4) is 6.07 Å². The van der Waals surface area contributed by atoms with E-state index >= 15 is 0 Å². The Kier molecular flexibility index (Phi) is 4.97. The van der Waals surface area contributed by atoms with Gasteiger partial charge in [0.05, 0.1) is 12.1 Å². The molecular weight excluding hydrogens is 172 g/mol. The van der Waals surface area contributed by atoms with Gasteiger partial charge >= 0.3 is 0 Å². The molecule has 0 aromatic carbocycles. The summed E-state index contributed by atoms with van der Waals surface area (Å²) in [5, 5.41) is 12.5. The third kappa shape index (κ3) is 3.67. The van der Waals surface area contributed by atoms with Gasteiger partial charge < -0.3 is 0 Å². The zero-order valence-electron chi connectivity index (χ0n) is 9.42. The molecule has 0 amide bonds. The Hall–Kier alpha value is -0.550. The molecule has 1 atom stereocenters. The molecule has 2 nitrogen and oxygen atoms in total. The lowest BCUT2D eigenvalue weighted by atomic mass is 10.0. The van der Waals surface area contributed by atoms with Gasteiger partial charge in [0.2, 0.25) is 0 Å². The molecule has 0 saturated heterocycles. The minimum absolute atomic E-state index is 0.0399. The first-order chi connectivity index (χ1) is 6.74. The molecule has 1 aliphatic carbocycles. The first-order valence-electron chi connectivity index (χ1n) is 5.89. The van der Waals surface area contributed by atoms with Crippen LogP contribution in [0.1, 0.15) is 52.4 Å². The van der Waals surface area contributed by atoms with Crippen LogP contribution in [0, 0.1) is 17.2 Å². The van der Waals surface area contributed by atoms with Crippen molar-refractivity contribution in [1.29, 1.82) is 5.26 Å². The zero-order chi connectivity index (χ0) is 10.4. The smallest absolute Gasteiger partial charge is 0.0978 e. The minimum Gasteiger partial charge on any atom is -0.299 e. The summed E-state index contributed by atoms with van der Waals surface area (Å²) in [7, 11) is 0. The minimum atomic E-state index is 0.0399. The molecule has 1 aliphatic rings. The van der Waals surface area contributed by atoms with Crippen molar-refractivity contribution < 1.29 is 0 Å². The van der Waals surface area contributed by atoms with E-state index in [9.17, 15) is 0 Å². The average molecular weight is 194 g/mol. The summed E-state index contributed by atoms with van der Waals surface area (Å²) in [5.41, 5.74) is 0. The van der Waals surface area contributed by atoms with Gasteiger partial charge in [-0.05, 0) is 18.8 Å². The van der Waals surface area contributed by atoms with E-state index in [-0.39, 0.29) is 6.04 Å². The zero-order valence-corrected chi connectivity index (χ0v) is 9.42. The SMILES string of the molecule is CC(C)C(C#N)NC1CCCCCC1. The monoisotopic (exact) mass is 194 g/mol. The number of hydrogen-bond acceptors (Lipinski definition) is 2. The normalized spacial score (nSPS) is 21.6. The number of nitrogens with one attached hydrogen (secondary N) is 1. The third-order valence-electron chi connectivity index (χ3n) is 3.08. The van der Waals surface area contributed by atoms with Crippen LogP contribution in [0.3, 0.4) is 0 Å². The van der Waals surface area contributed by atoms with Gasteiger partial charge in [0.15, 0.2) is 0 Å². The second kappa shape index (κ2) is 6.03. The molecule has 0 aromatic heterocycles. The van der Waals surface area contributed by atoms with E-state index in [0.29, 0.717) is 12.0 Å². The first-order valence-corrected chi connectivity index (χ1v) is 5.89. The summed E-state index contributed by atoms with van der Waals surface area (Å²) in [5.74, 6) is 0.420. The fourth-order valence-electron chi connectivity index (χ4n) is 2.08. The van der Waals surface area contributed by atoms with E-state index in [1.807, 2.05) is 0 Å². The molecular formula is C12H22N2. The molecule has 1 N–H and O–H groups in total. The Morgan fingerprint density at radius 3 is 2.14 bits per heavy atom. The summed E-state index contributed by atoms with van der Waals surface area (Å²) in [4.78, 5) is 0. The predicted octanol–water partition coefficient (Wildman–Crippen LogP) is 2.85. The number of nitrogens with zero attached hydrogens (tertiary/aromatic N) is 1. The van der Waals surface area contributed by atoms with Crippen LogP contribution < -0.4 is 5.32 Å². The third-order valence-corrected chi connectivity index (χ3v) is 3.08. The van der Waals surface area contributed by atoms with Gasteiger partial charge in [0.1, 0.15) is 0 Å². The van der Waals surface area contributed by atoms with E-state index in [2.05, 4.69) is 25.2 Å². The Labute approximate surface area is 87.7 Å². The summed E-state index contributed by atoms with van der Waals surface area (Å²) in [6.07, 6.45) is 7.91. The van der Waals surface area contributed by atoms with E-state index in [1.54, 1.807) is 0 Å².